The van der Waals surface area contributed by atoms with Crippen LogP contribution in [0.1, 0.15) is 5.56 Å². The van der Waals surface area contributed by atoms with Crippen LogP contribution in [0.15, 0.2) is 40.8 Å². The fourth-order valence-corrected chi connectivity index (χ4v) is 2.81. The number of methoxy groups -OCH3 is 1. The Balaban J connectivity index is 1.85. The minimum Gasteiger partial charge on any atom is -0.495 e. The monoisotopic (exact) mass is 347 g/mol. The van der Waals surface area contributed by atoms with Crippen molar-refractivity contribution in [3.05, 3.63) is 57.0 Å². The number of anilines is 2. The lowest BCUT2D eigenvalue weighted by molar-refractivity contribution is 0.239. The van der Waals surface area contributed by atoms with Crippen molar-refractivity contribution in [1.29, 1.82) is 0 Å². The van der Waals surface area contributed by atoms with Crippen LogP contribution in [-0.4, -0.2) is 29.6 Å². The number of aromatic nitrogens is 1. The second kappa shape index (κ2) is 6.59. The number of nitrogens with one attached hydrogen (secondary N) is 2. The third-order valence-corrected chi connectivity index (χ3v) is 4.21. The summed E-state index contributed by atoms with van der Waals surface area (Å²) < 4.78 is 6.67. The van der Waals surface area contributed by atoms with Crippen molar-refractivity contribution in [2.45, 2.75) is 6.23 Å². The number of hydrogen-bond acceptors (Lipinski definition) is 5. The molecule has 2 heterocycles. The van der Waals surface area contributed by atoms with Crippen molar-refractivity contribution in [1.82, 2.24) is 4.57 Å². The van der Waals surface area contributed by atoms with E-state index in [-0.39, 0.29) is 5.56 Å². The number of aryl methyl sites for hydroxylation is 1. The highest BCUT2D eigenvalue weighted by Gasteiger charge is 2.20. The number of benzene rings is 1. The van der Waals surface area contributed by atoms with Crippen LogP contribution in [0.25, 0.3) is 6.08 Å². The molecule has 1 aromatic heterocycles. The Bertz CT molecular complexity index is 861. The van der Waals surface area contributed by atoms with E-state index in [2.05, 4.69) is 10.6 Å². The molecule has 126 valence electrons. The van der Waals surface area contributed by atoms with Crippen LogP contribution in [0.4, 0.5) is 11.4 Å². The van der Waals surface area contributed by atoms with Crippen LogP contribution in [-0.2, 0) is 7.05 Å². The lowest BCUT2D eigenvalue weighted by Gasteiger charge is -2.25. The van der Waals surface area contributed by atoms with Gasteiger partial charge >= 0.3 is 0 Å². The van der Waals surface area contributed by atoms with Gasteiger partial charge in [0.1, 0.15) is 17.7 Å². The van der Waals surface area contributed by atoms with E-state index in [4.69, 9.17) is 16.3 Å². The van der Waals surface area contributed by atoms with Gasteiger partial charge in [-0.15, -0.1) is 0 Å². The molecule has 1 aromatic carbocycles. The molecule has 0 bridgehead atoms. The zero-order chi connectivity index (χ0) is 17.3. The van der Waals surface area contributed by atoms with Crippen LogP contribution in [0, 0.1) is 0 Å². The van der Waals surface area contributed by atoms with Crippen molar-refractivity contribution >= 4 is 29.1 Å². The molecule has 6 nitrogen and oxygen atoms in total. The van der Waals surface area contributed by atoms with Gasteiger partial charge in [0.2, 0.25) is 0 Å². The first-order valence-electron chi connectivity index (χ1n) is 7.41. The number of halogens is 1. The average Bonchev–Trinajstić information content (AvgIpc) is 2.56. The first-order valence-corrected chi connectivity index (χ1v) is 7.79. The van der Waals surface area contributed by atoms with Gasteiger partial charge in [0.25, 0.3) is 5.56 Å². The van der Waals surface area contributed by atoms with E-state index in [1.807, 2.05) is 6.08 Å². The molecule has 0 amide bonds. The van der Waals surface area contributed by atoms with Crippen molar-refractivity contribution < 1.29 is 9.84 Å². The number of ether oxygens (including phenoxy) is 1. The fourth-order valence-electron chi connectivity index (χ4n) is 2.57. The second-order valence-corrected chi connectivity index (χ2v) is 5.94. The third kappa shape index (κ3) is 3.11. The van der Waals surface area contributed by atoms with Crippen LogP contribution in [0.3, 0.4) is 0 Å². The minimum atomic E-state index is -0.858. The number of nitrogens with zero attached hydrogens (tertiary/aromatic N) is 1. The molecule has 3 rings (SSSR count). The van der Waals surface area contributed by atoms with Crippen LogP contribution in [0.5, 0.6) is 5.75 Å². The van der Waals surface area contributed by atoms with Gasteiger partial charge in [-0.2, -0.15) is 0 Å². The molecule has 0 spiro atoms. The molecule has 0 fully saturated rings. The largest absolute Gasteiger partial charge is 0.495 e. The molecule has 3 N–H and O–H groups in total. The Morgan fingerprint density at radius 3 is 3.00 bits per heavy atom. The SMILES string of the molecule is COc1cc2c(cc1Cl)C=C(CNc1cccn(C)c1=O)C(O)N2. The summed E-state index contributed by atoms with van der Waals surface area (Å²) in [6.07, 6.45) is 2.68. The van der Waals surface area contributed by atoms with E-state index >= 15 is 0 Å². The summed E-state index contributed by atoms with van der Waals surface area (Å²) in [4.78, 5) is 12.0. The molecule has 1 atom stereocenters. The van der Waals surface area contributed by atoms with E-state index in [0.29, 0.717) is 28.6 Å². The highest BCUT2D eigenvalue weighted by Crippen LogP contribution is 2.35. The molecular weight excluding hydrogens is 330 g/mol. The van der Waals surface area contributed by atoms with E-state index in [0.717, 1.165) is 11.3 Å². The predicted octanol–water partition coefficient (Wildman–Crippen LogP) is 2.29. The third-order valence-electron chi connectivity index (χ3n) is 3.91. The quantitative estimate of drug-likeness (QED) is 0.791. The Morgan fingerprint density at radius 2 is 2.25 bits per heavy atom. The molecule has 0 radical (unpaired) electrons. The highest BCUT2D eigenvalue weighted by molar-refractivity contribution is 6.32. The Labute approximate surface area is 144 Å². The molecule has 1 unspecified atom stereocenters. The number of rotatable bonds is 4. The summed E-state index contributed by atoms with van der Waals surface area (Å²) in [6, 6.07) is 7.01. The lowest BCUT2D eigenvalue weighted by atomic mass is 10.0. The fraction of sp³-hybridized carbons (Fsp3) is 0.235. The lowest BCUT2D eigenvalue weighted by Crippen LogP contribution is -2.30. The van der Waals surface area contributed by atoms with Crippen molar-refractivity contribution in [3.8, 4) is 5.75 Å². The summed E-state index contributed by atoms with van der Waals surface area (Å²) in [6.45, 7) is 0.330. The first-order chi connectivity index (χ1) is 11.5. The molecule has 0 saturated carbocycles. The maximum absolute atomic E-state index is 12.0. The van der Waals surface area contributed by atoms with Gasteiger partial charge in [0.15, 0.2) is 0 Å². The van der Waals surface area contributed by atoms with Gasteiger partial charge in [-0.05, 0) is 35.4 Å². The normalized spacial score (nSPS) is 16.0. The van der Waals surface area contributed by atoms with Gasteiger partial charge in [-0.3, -0.25) is 4.79 Å². The van der Waals surface area contributed by atoms with Crippen LogP contribution in [0.2, 0.25) is 5.02 Å². The van der Waals surface area contributed by atoms with E-state index in [1.165, 1.54) is 4.57 Å². The number of aliphatic hydroxyl groups is 1. The molecule has 7 heteroatoms. The van der Waals surface area contributed by atoms with Crippen LogP contribution >= 0.6 is 11.6 Å². The number of fused-ring (bicyclic) bond motifs is 1. The Morgan fingerprint density at radius 1 is 1.46 bits per heavy atom. The summed E-state index contributed by atoms with van der Waals surface area (Å²) in [7, 11) is 3.23. The van der Waals surface area contributed by atoms with Gasteiger partial charge in [0, 0.05) is 31.5 Å². The summed E-state index contributed by atoms with van der Waals surface area (Å²) in [5.74, 6) is 0.540. The molecule has 1 aliphatic rings. The standard InChI is InChI=1S/C17H18ClN3O3/c1-21-5-3-4-13(17(21)23)19-9-11-6-10-7-12(18)15(24-2)8-14(10)20-16(11)22/h3-8,16,19-20,22H,9H2,1-2H3. The molecule has 24 heavy (non-hydrogen) atoms. The van der Waals surface area contributed by atoms with Crippen LogP contribution < -0.4 is 20.9 Å². The van der Waals surface area contributed by atoms with Gasteiger partial charge in [-0.1, -0.05) is 11.6 Å². The van der Waals surface area contributed by atoms with Gasteiger partial charge in [-0.25, -0.2) is 0 Å². The molecule has 1 aliphatic heterocycles. The smallest absolute Gasteiger partial charge is 0.273 e. The maximum atomic E-state index is 12.0. The zero-order valence-corrected chi connectivity index (χ0v) is 14.1. The highest BCUT2D eigenvalue weighted by atomic mass is 35.5. The van der Waals surface area contributed by atoms with Crippen molar-refractivity contribution in [2.75, 3.05) is 24.3 Å². The van der Waals surface area contributed by atoms with E-state index in [9.17, 15) is 9.90 Å². The predicted molar refractivity (Wildman–Crippen MR) is 95.8 cm³/mol. The maximum Gasteiger partial charge on any atom is 0.273 e. The average molecular weight is 348 g/mol. The summed E-state index contributed by atoms with van der Waals surface area (Å²) in [5, 5.41) is 16.8. The second-order valence-electron chi connectivity index (χ2n) is 5.53. The number of pyridine rings is 1. The molecule has 0 saturated heterocycles. The van der Waals surface area contributed by atoms with E-state index < -0.39 is 6.23 Å². The zero-order valence-electron chi connectivity index (χ0n) is 13.3. The topological polar surface area (TPSA) is 75.5 Å². The Hall–Kier alpha value is -2.44. The summed E-state index contributed by atoms with van der Waals surface area (Å²) >= 11 is 6.15. The molecule has 2 aromatic rings. The van der Waals surface area contributed by atoms with Gasteiger partial charge in [0.05, 0.1) is 12.1 Å². The minimum absolute atomic E-state index is 0.121. The van der Waals surface area contributed by atoms with Crippen molar-refractivity contribution in [2.24, 2.45) is 7.05 Å². The first kappa shape index (κ1) is 16.4. The Kier molecular flexibility index (Phi) is 4.51. The molecular formula is C17H18ClN3O3. The van der Waals surface area contributed by atoms with Gasteiger partial charge < -0.3 is 25.0 Å². The number of aliphatic hydroxyl groups excluding tert-OH is 1. The van der Waals surface area contributed by atoms with Crippen molar-refractivity contribution in [3.63, 3.8) is 0 Å². The number of hydrogen-bond donors (Lipinski definition) is 3. The van der Waals surface area contributed by atoms with E-state index in [1.54, 1.807) is 44.6 Å². The molecule has 0 aliphatic carbocycles. The summed E-state index contributed by atoms with van der Waals surface area (Å²) in [5.41, 5.74) is 2.65.